The number of halogens is 2. The minimum atomic E-state index is -3.27. The lowest BCUT2D eigenvalue weighted by molar-refractivity contribution is -0.318. The summed E-state index contributed by atoms with van der Waals surface area (Å²) in [5.41, 5.74) is -4.51. The Bertz CT molecular complexity index is 1900. The number of methoxy groups -OCH3 is 1. The summed E-state index contributed by atoms with van der Waals surface area (Å²) in [6.07, 6.45) is -6.54. The number of aliphatic hydroxyl groups is 5. The van der Waals surface area contributed by atoms with Gasteiger partial charge in [-0.15, -0.1) is 5.10 Å². The largest absolute Gasteiger partial charge is 0.459 e. The number of esters is 1. The zero-order valence-electron chi connectivity index (χ0n) is 42.2. The third kappa shape index (κ3) is 13.0. The van der Waals surface area contributed by atoms with E-state index in [2.05, 4.69) is 15.3 Å². The van der Waals surface area contributed by atoms with E-state index in [4.69, 9.17) is 28.4 Å². The number of aliphatic hydroxyl groups excluding tert-OH is 3. The van der Waals surface area contributed by atoms with Crippen molar-refractivity contribution in [1.82, 2.24) is 29.8 Å². The molecular weight excluding hydrogens is 891 g/mol. The lowest BCUT2D eigenvalue weighted by Gasteiger charge is -2.49. The highest BCUT2D eigenvalue weighted by atomic mass is 19.3. The molecule has 5 N–H and O–H groups in total. The first-order chi connectivity index (χ1) is 31.6. The Balaban J connectivity index is 1.45. The maximum absolute atomic E-state index is 15.0. The van der Waals surface area contributed by atoms with E-state index in [9.17, 15) is 39.1 Å². The summed E-state index contributed by atoms with van der Waals surface area (Å²) in [6, 6.07) is 3.21. The summed E-state index contributed by atoms with van der Waals surface area (Å²) in [4.78, 5) is 22.1. The molecule has 20 heteroatoms. The predicted molar refractivity (Wildman–Crippen MR) is 245 cm³/mol. The summed E-state index contributed by atoms with van der Waals surface area (Å²) in [5, 5.41) is 67.5. The van der Waals surface area contributed by atoms with Gasteiger partial charge in [0.15, 0.2) is 12.6 Å². The normalized spacial score (nSPS) is 41.0. The van der Waals surface area contributed by atoms with Crippen LogP contribution in [0.3, 0.4) is 0 Å². The van der Waals surface area contributed by atoms with Gasteiger partial charge >= 0.3 is 11.9 Å². The molecule has 3 saturated heterocycles. The van der Waals surface area contributed by atoms with E-state index in [-0.39, 0.29) is 30.9 Å². The number of likely N-dealkylation sites (N-methyl/N-ethyl adjacent to an activating group) is 2. The van der Waals surface area contributed by atoms with Gasteiger partial charge in [-0.1, -0.05) is 32.1 Å². The highest BCUT2D eigenvalue weighted by molar-refractivity contribution is 5.73. The standard InChI is InChI=1S/C48H80F2N6O12/c1-14-36-47(10,62)40(58)31(6)55(12)24-27(2)22-45(8,61)42(29(4)39(30(5)43(60)66-36)67-37-23-46(9,63-13)41(59)32(7)65-37)68-44-38(57)34(21-28(3)64-44)54(11)20-18-33-25-56(53-52-33)26-48(49,50)35-17-15-16-19-51-35/h15-17,19,25,27-32,34,36-42,44,57-59,61-62H,14,18,20-24,26H2,1-13H3/t27-,28-,29+,30-,31-,32+,34+,36-,37+,38-,39+,40-,41+,42-,44+,45-,46-,47-/m1/s1. The number of pyridine rings is 1. The number of cyclic esters (lactones) is 1. The predicted octanol–water partition coefficient (Wildman–Crippen LogP) is 3.29. The highest BCUT2D eigenvalue weighted by Crippen LogP contribution is 2.40. The van der Waals surface area contributed by atoms with Crippen molar-refractivity contribution < 1.29 is 67.5 Å². The van der Waals surface area contributed by atoms with Gasteiger partial charge in [-0.25, -0.2) is 4.68 Å². The second kappa shape index (κ2) is 22.7. The highest BCUT2D eigenvalue weighted by Gasteiger charge is 2.53. The van der Waals surface area contributed by atoms with Crippen LogP contribution in [0.2, 0.25) is 0 Å². The van der Waals surface area contributed by atoms with Crippen LogP contribution in [0.4, 0.5) is 8.78 Å². The third-order valence-corrected chi connectivity index (χ3v) is 14.8. The van der Waals surface area contributed by atoms with Crippen LogP contribution in [0.15, 0.2) is 30.6 Å². The molecule has 5 rings (SSSR count). The molecule has 3 aliphatic heterocycles. The SMILES string of the molecule is CC[C@H]1OC(=O)[C@H](C)[C@@H](O[C@H]2C[C@@](C)(OC)[C@@H](O)[C@H](C)O2)[C@H](C)[C@@H](O[C@@H]2O[C@H](C)C[C@H](N(C)CCc3cn(CC(F)(F)c4ccccn4)nn3)[C@H]2O)[C@](C)(O)C[C@@H](C)CN(C)[C@H](C)[C@@H](O)[C@]1(C)O. The first-order valence-electron chi connectivity index (χ1n) is 24.1. The van der Waals surface area contributed by atoms with Crippen molar-refractivity contribution in [2.24, 2.45) is 17.8 Å². The zero-order chi connectivity index (χ0) is 50.7. The van der Waals surface area contributed by atoms with Gasteiger partial charge in [-0.2, -0.15) is 8.78 Å². The topological polar surface area (TPSA) is 224 Å². The monoisotopic (exact) mass is 971 g/mol. The molecule has 68 heavy (non-hydrogen) atoms. The van der Waals surface area contributed by atoms with Crippen molar-refractivity contribution in [3.8, 4) is 0 Å². The van der Waals surface area contributed by atoms with Crippen LogP contribution in [0.1, 0.15) is 106 Å². The van der Waals surface area contributed by atoms with E-state index in [0.717, 1.165) is 4.68 Å². The van der Waals surface area contributed by atoms with Crippen LogP contribution in [-0.2, 0) is 52.1 Å². The van der Waals surface area contributed by atoms with Gasteiger partial charge in [0.2, 0.25) is 0 Å². The van der Waals surface area contributed by atoms with E-state index in [1.807, 2.05) is 37.7 Å². The number of ether oxygens (including phenoxy) is 6. The molecule has 2 aromatic rings. The van der Waals surface area contributed by atoms with Crippen LogP contribution >= 0.6 is 0 Å². The van der Waals surface area contributed by atoms with Crippen LogP contribution < -0.4 is 0 Å². The summed E-state index contributed by atoms with van der Waals surface area (Å²) < 4.78 is 69.1. The molecule has 3 fully saturated rings. The number of nitrogens with zero attached hydrogens (tertiary/aromatic N) is 6. The Labute approximate surface area is 400 Å². The van der Waals surface area contributed by atoms with Gasteiger partial charge < -0.3 is 63.8 Å². The van der Waals surface area contributed by atoms with E-state index in [1.165, 1.54) is 38.6 Å². The van der Waals surface area contributed by atoms with Gasteiger partial charge in [0.1, 0.15) is 42.3 Å². The van der Waals surface area contributed by atoms with Crippen LogP contribution in [0, 0.1) is 17.8 Å². The molecule has 0 aromatic carbocycles. The number of carbonyl (C=O) groups is 1. The third-order valence-electron chi connectivity index (χ3n) is 14.8. The van der Waals surface area contributed by atoms with Gasteiger partial charge in [-0.05, 0) is 99.9 Å². The minimum absolute atomic E-state index is 0.0750. The molecule has 0 radical (unpaired) electrons. The summed E-state index contributed by atoms with van der Waals surface area (Å²) in [7, 11) is 5.13. The summed E-state index contributed by atoms with van der Waals surface area (Å²) in [5.74, 6) is -6.19. The average Bonchev–Trinajstić information content (AvgIpc) is 3.73. The van der Waals surface area contributed by atoms with Gasteiger partial charge in [0.25, 0.3) is 0 Å². The van der Waals surface area contributed by atoms with E-state index >= 15 is 0 Å². The van der Waals surface area contributed by atoms with Gasteiger partial charge in [-0.3, -0.25) is 9.78 Å². The van der Waals surface area contributed by atoms with Crippen molar-refractivity contribution in [3.63, 3.8) is 0 Å². The molecule has 2 aromatic heterocycles. The van der Waals surface area contributed by atoms with Crippen molar-refractivity contribution in [3.05, 3.63) is 42.0 Å². The number of alkyl halides is 2. The average molecular weight is 971 g/mol. The molecule has 388 valence electrons. The van der Waals surface area contributed by atoms with E-state index in [1.54, 1.807) is 54.5 Å². The van der Waals surface area contributed by atoms with Crippen molar-refractivity contribution in [1.29, 1.82) is 0 Å². The van der Waals surface area contributed by atoms with Crippen LogP contribution in [-0.4, -0.2) is 186 Å². The van der Waals surface area contributed by atoms with Crippen molar-refractivity contribution in [2.75, 3.05) is 34.3 Å². The summed E-state index contributed by atoms with van der Waals surface area (Å²) >= 11 is 0. The van der Waals surface area contributed by atoms with Gasteiger partial charge in [0, 0.05) is 63.4 Å². The summed E-state index contributed by atoms with van der Waals surface area (Å²) in [6.45, 7) is 17.3. The molecular formula is C48H80F2N6O12. The van der Waals surface area contributed by atoms with Gasteiger partial charge in [0.05, 0.1) is 47.2 Å². The molecule has 0 unspecified atom stereocenters. The van der Waals surface area contributed by atoms with Crippen molar-refractivity contribution in [2.45, 2.75) is 204 Å². The zero-order valence-corrected chi connectivity index (χ0v) is 42.2. The number of hydrogen-bond donors (Lipinski definition) is 5. The molecule has 3 aliphatic rings. The van der Waals surface area contributed by atoms with E-state index < -0.39 is 121 Å². The lowest BCUT2D eigenvalue weighted by atomic mass is 9.77. The Morgan fingerprint density at radius 2 is 1.69 bits per heavy atom. The Morgan fingerprint density at radius 1 is 1.00 bits per heavy atom. The molecule has 0 bridgehead atoms. The Hall–Kier alpha value is -2.86. The number of carbonyl (C=O) groups excluding carboxylic acids is 1. The molecule has 0 aliphatic carbocycles. The second-order valence-electron chi connectivity index (χ2n) is 20.8. The van der Waals surface area contributed by atoms with E-state index in [0.29, 0.717) is 31.6 Å². The second-order valence-corrected chi connectivity index (χ2v) is 20.8. The number of hydrogen-bond acceptors (Lipinski definition) is 17. The fourth-order valence-electron chi connectivity index (χ4n) is 10.5. The smallest absolute Gasteiger partial charge is 0.311 e. The lowest BCUT2D eigenvalue weighted by Crippen LogP contribution is -2.61. The molecule has 18 nitrogen and oxygen atoms in total. The fraction of sp³-hybridized carbons (Fsp3) is 0.833. The van der Waals surface area contributed by atoms with Crippen LogP contribution in [0.25, 0.3) is 0 Å². The Morgan fingerprint density at radius 3 is 2.32 bits per heavy atom. The number of rotatable bonds is 13. The minimum Gasteiger partial charge on any atom is -0.459 e. The van der Waals surface area contributed by atoms with Crippen molar-refractivity contribution >= 4 is 5.97 Å². The first kappa shape index (κ1) is 56.1. The maximum Gasteiger partial charge on any atom is 0.311 e. The molecule has 18 atom stereocenters. The number of aromatic nitrogens is 4. The quantitative estimate of drug-likeness (QED) is 0.182. The molecule has 5 heterocycles. The Kier molecular flexibility index (Phi) is 18.7. The van der Waals surface area contributed by atoms with Crippen LogP contribution in [0.5, 0.6) is 0 Å². The fourth-order valence-corrected chi connectivity index (χ4v) is 10.5. The maximum atomic E-state index is 15.0. The molecule has 0 amide bonds. The molecule has 0 spiro atoms. The first-order valence-corrected chi connectivity index (χ1v) is 24.1. The molecule has 0 saturated carbocycles.